The van der Waals surface area contributed by atoms with Crippen molar-refractivity contribution < 1.29 is 30.3 Å². The van der Waals surface area contributed by atoms with Gasteiger partial charge in [0, 0.05) is 26.9 Å². The van der Waals surface area contributed by atoms with Gasteiger partial charge >= 0.3 is 12.1 Å². The highest BCUT2D eigenvalue weighted by atomic mass is 16.6. The Morgan fingerprint density at radius 2 is 1.74 bits per heavy atom. The van der Waals surface area contributed by atoms with Crippen LogP contribution in [0.4, 0.5) is 4.79 Å². The molecule has 238 valence electrons. The summed E-state index contributed by atoms with van der Waals surface area (Å²) < 4.78 is 18.6. The SMILES string of the molecule is CC(=O)O[C@@H](C1CCC2C(CC3C4CCC5C(C)(C)[C@@H](OC(=O)NC6CNC6)CCC56C[C@@]46CCC23C)O1)C(C)(C)O.[HH]. The van der Waals surface area contributed by atoms with Crippen LogP contribution >= 0.6 is 0 Å². The van der Waals surface area contributed by atoms with E-state index >= 15 is 0 Å². The Labute approximate surface area is 253 Å². The number of esters is 1. The van der Waals surface area contributed by atoms with E-state index < -0.39 is 11.7 Å². The van der Waals surface area contributed by atoms with E-state index in [0.717, 1.165) is 44.7 Å². The molecule has 0 radical (unpaired) electrons. The molecule has 2 spiro atoms. The van der Waals surface area contributed by atoms with E-state index in [4.69, 9.17) is 14.2 Å². The first-order chi connectivity index (χ1) is 19.7. The van der Waals surface area contributed by atoms with E-state index in [1.54, 1.807) is 13.8 Å². The Balaban J connectivity index is 0.00000329. The van der Waals surface area contributed by atoms with Gasteiger partial charge < -0.3 is 30.0 Å². The summed E-state index contributed by atoms with van der Waals surface area (Å²) in [5.74, 6) is 2.17. The fourth-order valence-electron chi connectivity index (χ4n) is 12.3. The van der Waals surface area contributed by atoms with E-state index in [0.29, 0.717) is 28.6 Å². The lowest BCUT2D eigenvalue weighted by Crippen LogP contribution is -2.59. The second-order valence-electron chi connectivity index (χ2n) is 16.9. The highest BCUT2D eigenvalue weighted by Crippen LogP contribution is 2.87. The predicted octanol–water partition coefficient (Wildman–Crippen LogP) is 5.21. The first-order valence-electron chi connectivity index (χ1n) is 16.9. The topological polar surface area (TPSA) is 106 Å². The molecule has 5 saturated carbocycles. The third kappa shape index (κ3) is 4.16. The van der Waals surface area contributed by atoms with Crippen LogP contribution in [0.3, 0.4) is 0 Å². The molecule has 0 aromatic rings. The van der Waals surface area contributed by atoms with Gasteiger partial charge in [0.25, 0.3) is 0 Å². The third-order valence-electron chi connectivity index (χ3n) is 14.2. The number of hydrogen-bond donors (Lipinski definition) is 3. The van der Waals surface area contributed by atoms with Crippen molar-refractivity contribution in [2.24, 2.45) is 45.3 Å². The van der Waals surface area contributed by atoms with Crippen LogP contribution in [-0.2, 0) is 19.0 Å². The second kappa shape index (κ2) is 9.56. The van der Waals surface area contributed by atoms with E-state index in [1.165, 1.54) is 45.4 Å². The number of amides is 1. The van der Waals surface area contributed by atoms with Crippen LogP contribution in [0.1, 0.15) is 107 Å². The second-order valence-corrected chi connectivity index (χ2v) is 16.9. The van der Waals surface area contributed by atoms with Crippen molar-refractivity contribution in [3.63, 3.8) is 0 Å². The number of aliphatic hydroxyl groups is 1. The first-order valence-corrected chi connectivity index (χ1v) is 16.9. The van der Waals surface area contributed by atoms with E-state index in [2.05, 4.69) is 31.4 Å². The van der Waals surface area contributed by atoms with Crippen molar-refractivity contribution in [2.75, 3.05) is 13.1 Å². The molecule has 8 heteroatoms. The number of alkyl carbamates (subject to hydrolysis) is 1. The van der Waals surface area contributed by atoms with Crippen LogP contribution in [-0.4, -0.2) is 66.3 Å². The molecule has 0 bridgehead atoms. The quantitative estimate of drug-likeness (QED) is 0.379. The number of hydrogen-bond acceptors (Lipinski definition) is 7. The zero-order valence-electron chi connectivity index (χ0n) is 26.7. The Morgan fingerprint density at radius 1 is 1.00 bits per heavy atom. The van der Waals surface area contributed by atoms with Crippen molar-refractivity contribution >= 4 is 12.1 Å². The summed E-state index contributed by atoms with van der Waals surface area (Å²) in [6.07, 6.45) is 10.6. The molecule has 8 nitrogen and oxygen atoms in total. The molecule has 7 aliphatic rings. The maximum Gasteiger partial charge on any atom is 0.407 e. The smallest absolute Gasteiger partial charge is 0.407 e. The molecule has 0 aromatic heterocycles. The normalized spacial score (nSPS) is 47.7. The molecule has 5 aliphatic carbocycles. The van der Waals surface area contributed by atoms with Gasteiger partial charge in [-0.1, -0.05) is 20.8 Å². The molecule has 3 N–H and O–H groups in total. The van der Waals surface area contributed by atoms with Crippen LogP contribution in [0.15, 0.2) is 0 Å². The Morgan fingerprint density at radius 3 is 2.40 bits per heavy atom. The fourth-order valence-corrected chi connectivity index (χ4v) is 12.3. The molecule has 7 fully saturated rings. The summed E-state index contributed by atoms with van der Waals surface area (Å²) in [4.78, 5) is 24.6. The van der Waals surface area contributed by atoms with Gasteiger partial charge in [0.1, 0.15) is 6.10 Å². The van der Waals surface area contributed by atoms with Gasteiger partial charge in [-0.15, -0.1) is 0 Å². The number of nitrogens with one attached hydrogen (secondary N) is 2. The molecule has 0 aromatic carbocycles. The lowest BCUT2D eigenvalue weighted by atomic mass is 9.46. The van der Waals surface area contributed by atoms with Gasteiger partial charge in [-0.05, 0) is 118 Å². The van der Waals surface area contributed by atoms with Gasteiger partial charge in [0.05, 0.1) is 23.9 Å². The minimum absolute atomic E-state index is 0. The van der Waals surface area contributed by atoms with Crippen LogP contribution in [0.5, 0.6) is 0 Å². The van der Waals surface area contributed by atoms with Gasteiger partial charge in [0.2, 0.25) is 0 Å². The van der Waals surface area contributed by atoms with Gasteiger partial charge in [0.15, 0.2) is 6.10 Å². The van der Waals surface area contributed by atoms with Crippen LogP contribution in [0.25, 0.3) is 0 Å². The van der Waals surface area contributed by atoms with E-state index in [1.807, 2.05) is 0 Å². The van der Waals surface area contributed by atoms with Crippen LogP contribution in [0, 0.1) is 45.3 Å². The summed E-state index contributed by atoms with van der Waals surface area (Å²) in [7, 11) is 0. The highest BCUT2D eigenvalue weighted by molar-refractivity contribution is 5.68. The summed E-state index contributed by atoms with van der Waals surface area (Å²) in [6, 6.07) is 0.200. The van der Waals surface area contributed by atoms with Gasteiger partial charge in [-0.3, -0.25) is 4.79 Å². The molecule has 11 atom stereocenters. The number of ether oxygens (including phenoxy) is 3. The maximum atomic E-state index is 12.7. The third-order valence-corrected chi connectivity index (χ3v) is 14.2. The average molecular weight is 589 g/mol. The molecular formula is C34H56N2O6. The minimum atomic E-state index is -1.15. The summed E-state index contributed by atoms with van der Waals surface area (Å²) in [5.41, 5.74) is -0.0503. The molecule has 1 amide bonds. The monoisotopic (exact) mass is 588 g/mol. The first kappa shape index (κ1) is 29.3. The molecule has 2 aliphatic heterocycles. The van der Waals surface area contributed by atoms with Crippen molar-refractivity contribution in [1.82, 2.24) is 10.6 Å². The molecule has 2 heterocycles. The van der Waals surface area contributed by atoms with Gasteiger partial charge in [-0.2, -0.15) is 0 Å². The molecular weight excluding hydrogens is 532 g/mol. The summed E-state index contributed by atoms with van der Waals surface area (Å²) >= 11 is 0. The van der Waals surface area contributed by atoms with Crippen molar-refractivity contribution in [2.45, 2.75) is 142 Å². The maximum absolute atomic E-state index is 12.7. The summed E-state index contributed by atoms with van der Waals surface area (Å²) in [6.45, 7) is 13.8. The summed E-state index contributed by atoms with van der Waals surface area (Å²) in [5, 5.41) is 17.1. The fraction of sp³-hybridized carbons (Fsp3) is 0.941. The van der Waals surface area contributed by atoms with Crippen molar-refractivity contribution in [1.29, 1.82) is 0 Å². The zero-order valence-corrected chi connectivity index (χ0v) is 26.7. The average Bonchev–Trinajstić information content (AvgIpc) is 3.46. The Hall–Kier alpha value is -1.38. The highest BCUT2D eigenvalue weighted by Gasteiger charge is 2.81. The largest absolute Gasteiger partial charge is 0.457 e. The van der Waals surface area contributed by atoms with E-state index in [9.17, 15) is 14.7 Å². The molecule has 8 unspecified atom stereocenters. The van der Waals surface area contributed by atoms with Crippen molar-refractivity contribution in [3.05, 3.63) is 0 Å². The van der Waals surface area contributed by atoms with Gasteiger partial charge in [-0.25, -0.2) is 4.79 Å². The predicted molar refractivity (Wildman–Crippen MR) is 160 cm³/mol. The van der Waals surface area contributed by atoms with Crippen LogP contribution < -0.4 is 10.6 Å². The minimum Gasteiger partial charge on any atom is -0.457 e. The molecule has 42 heavy (non-hydrogen) atoms. The molecule has 2 saturated heterocycles. The Bertz CT molecular complexity index is 1120. The number of fused-ring (bicyclic) bond motifs is 4. The number of carbonyl (C=O) groups is 2. The standard InChI is InChI=1S/C34H54N2O6.H2/c1-19(37)40-28(31(4,5)39)24-9-7-22-25(41-24)15-23-21-8-10-26-30(2,3)27(42-29(38)36-20-16-35-17-20)11-12-34(26)18-33(21,34)14-13-32(22,23)6;/h20-28,35,39H,7-18H2,1-6H3,(H,36,38);1H/t21?,22?,23?,24?,25?,26?,27-,28-,32?,33-,34?;/m0./s1. The number of rotatable bonds is 5. The number of carbonyl (C=O) groups excluding carboxylic acids is 2. The zero-order chi connectivity index (χ0) is 29.9. The van der Waals surface area contributed by atoms with Crippen LogP contribution in [0.2, 0.25) is 0 Å². The van der Waals surface area contributed by atoms with E-state index in [-0.39, 0.29) is 48.7 Å². The Kier molecular flexibility index (Phi) is 6.68. The van der Waals surface area contributed by atoms with Crippen molar-refractivity contribution in [3.8, 4) is 0 Å². The lowest BCUT2D eigenvalue weighted by molar-refractivity contribution is -0.200. The lowest BCUT2D eigenvalue weighted by Gasteiger charge is -2.59. The molecule has 7 rings (SSSR count).